The van der Waals surface area contributed by atoms with Crippen molar-refractivity contribution >= 4 is 34.2 Å². The maximum absolute atomic E-state index is 11.3. The molecule has 20 heavy (non-hydrogen) atoms. The lowest BCUT2D eigenvalue weighted by molar-refractivity contribution is -0.457. The van der Waals surface area contributed by atoms with Gasteiger partial charge in [0, 0.05) is 23.5 Å². The number of nitrogens with one attached hydrogen (secondary N) is 2. The van der Waals surface area contributed by atoms with Crippen LogP contribution in [-0.4, -0.2) is 36.2 Å². The summed E-state index contributed by atoms with van der Waals surface area (Å²) in [5.41, 5.74) is 2.85. The molecule has 1 aromatic carbocycles. The fraction of sp³-hybridized carbons (Fsp3) is 0.333. The molecule has 1 heterocycles. The number of esters is 1. The topological polar surface area (TPSA) is 56.1 Å². The highest BCUT2D eigenvalue weighted by atomic mass is 35.5. The smallest absolute Gasteiger partial charge is 0.399 e. The van der Waals surface area contributed by atoms with Crippen LogP contribution in [0.3, 0.4) is 0 Å². The summed E-state index contributed by atoms with van der Waals surface area (Å²) in [6, 6.07) is 8.23. The van der Waals surface area contributed by atoms with E-state index in [-0.39, 0.29) is 5.88 Å². The first-order valence-electron chi connectivity index (χ1n) is 6.55. The molecule has 0 spiro atoms. The zero-order valence-electron chi connectivity index (χ0n) is 11.4. The lowest BCUT2D eigenvalue weighted by Crippen LogP contribution is -2.75. The van der Waals surface area contributed by atoms with Gasteiger partial charge in [-0.25, -0.2) is 9.79 Å². The van der Waals surface area contributed by atoms with Gasteiger partial charge in [0.25, 0.3) is 5.71 Å². The van der Waals surface area contributed by atoms with Gasteiger partial charge in [-0.1, -0.05) is 18.2 Å². The number of ether oxygens (including phenoxy) is 1. The van der Waals surface area contributed by atoms with E-state index >= 15 is 0 Å². The fourth-order valence-corrected chi connectivity index (χ4v) is 2.36. The van der Waals surface area contributed by atoms with Crippen LogP contribution >= 0.6 is 11.6 Å². The quantitative estimate of drug-likeness (QED) is 0.362. The van der Waals surface area contributed by atoms with E-state index in [4.69, 9.17) is 11.6 Å². The molecule has 0 aliphatic carbocycles. The van der Waals surface area contributed by atoms with Gasteiger partial charge in [0.05, 0.1) is 7.11 Å². The molecule has 2 N–H and O–H groups in total. The van der Waals surface area contributed by atoms with Crippen LogP contribution in [0.5, 0.6) is 0 Å². The number of aromatic amines is 1. The Morgan fingerprint density at radius 3 is 2.95 bits per heavy atom. The van der Waals surface area contributed by atoms with E-state index in [1.54, 1.807) is 0 Å². The zero-order valence-corrected chi connectivity index (χ0v) is 12.2. The summed E-state index contributed by atoms with van der Waals surface area (Å²) in [5, 5.41) is 1.25. The summed E-state index contributed by atoms with van der Waals surface area (Å²) < 4.78 is 4.64. The molecule has 0 atom stereocenters. The average Bonchev–Trinajstić information content (AvgIpc) is 2.90. The van der Waals surface area contributed by atoms with Gasteiger partial charge < -0.3 is 9.72 Å². The number of aryl methyl sites for hydroxylation is 1. The van der Waals surface area contributed by atoms with Crippen molar-refractivity contribution in [2.45, 2.75) is 12.8 Å². The van der Waals surface area contributed by atoms with Gasteiger partial charge in [0.15, 0.2) is 0 Å². The highest BCUT2D eigenvalue weighted by Gasteiger charge is 2.16. The molecule has 5 heteroatoms. The molecule has 0 radical (unpaired) electrons. The van der Waals surface area contributed by atoms with Crippen molar-refractivity contribution in [3.05, 3.63) is 36.0 Å². The highest BCUT2D eigenvalue weighted by molar-refractivity contribution is 6.45. The average molecular weight is 294 g/mol. The number of halogens is 1. The first-order valence-corrected chi connectivity index (χ1v) is 7.08. The lowest BCUT2D eigenvalue weighted by Gasteiger charge is -1.97. The molecule has 0 fully saturated rings. The van der Waals surface area contributed by atoms with Crippen molar-refractivity contribution in [3.63, 3.8) is 0 Å². The lowest BCUT2D eigenvalue weighted by atomic mass is 10.1. The van der Waals surface area contributed by atoms with Crippen LogP contribution in [-0.2, 0) is 16.0 Å². The number of methoxy groups -OCH3 is 1. The Kier molecular flexibility index (Phi) is 5.18. The van der Waals surface area contributed by atoms with Crippen LogP contribution in [0.1, 0.15) is 12.0 Å². The third kappa shape index (κ3) is 3.39. The van der Waals surface area contributed by atoms with Crippen LogP contribution in [0, 0.1) is 0 Å². The molecule has 0 aliphatic heterocycles. The van der Waals surface area contributed by atoms with Crippen molar-refractivity contribution in [1.82, 2.24) is 4.98 Å². The van der Waals surface area contributed by atoms with Gasteiger partial charge in [-0.15, -0.1) is 11.6 Å². The first-order chi connectivity index (χ1) is 9.76. The molecule has 106 valence electrons. The van der Waals surface area contributed by atoms with E-state index < -0.39 is 5.97 Å². The first kappa shape index (κ1) is 14.6. The molecule has 0 amide bonds. The summed E-state index contributed by atoms with van der Waals surface area (Å²) in [6.07, 6.45) is 3.89. The van der Waals surface area contributed by atoms with Gasteiger partial charge in [-0.3, -0.25) is 0 Å². The minimum atomic E-state index is -0.396. The second-order valence-electron chi connectivity index (χ2n) is 4.49. The van der Waals surface area contributed by atoms with Crippen molar-refractivity contribution in [2.24, 2.45) is 0 Å². The summed E-state index contributed by atoms with van der Waals surface area (Å²) in [5.74, 6) is -0.258. The molecule has 4 nitrogen and oxygen atoms in total. The standard InChI is InChI=1S/C15H17ClN2O2/c1-20-15(19)14(9-16)17-8-4-5-11-10-18-13-7-3-2-6-12(11)13/h2-3,6-7,10,18H,4-5,8-9H2,1H3/p+1. The number of rotatable bonds is 6. The molecule has 1 aromatic heterocycles. The molecule has 0 saturated carbocycles. The normalized spacial score (nSPS) is 11.8. The Morgan fingerprint density at radius 2 is 2.20 bits per heavy atom. The predicted molar refractivity (Wildman–Crippen MR) is 80.2 cm³/mol. The summed E-state index contributed by atoms with van der Waals surface area (Å²) in [7, 11) is 1.35. The number of carbonyl (C=O) groups is 1. The minimum Gasteiger partial charge on any atom is -0.461 e. The minimum absolute atomic E-state index is 0.139. The van der Waals surface area contributed by atoms with Crippen molar-refractivity contribution in [3.8, 4) is 0 Å². The molecule has 0 unspecified atom stereocenters. The van der Waals surface area contributed by atoms with E-state index in [1.807, 2.05) is 18.3 Å². The molecule has 0 bridgehead atoms. The monoisotopic (exact) mass is 293 g/mol. The number of benzene rings is 1. The third-order valence-corrected chi connectivity index (χ3v) is 3.47. The number of hydrogen-bond acceptors (Lipinski definition) is 2. The van der Waals surface area contributed by atoms with E-state index in [2.05, 4.69) is 26.8 Å². The van der Waals surface area contributed by atoms with Gasteiger partial charge in [-0.2, -0.15) is 0 Å². The Bertz CT molecular complexity index is 619. The molecule has 0 aliphatic rings. The Morgan fingerprint density at radius 1 is 1.40 bits per heavy atom. The van der Waals surface area contributed by atoms with Crippen LogP contribution in [0.25, 0.3) is 10.9 Å². The van der Waals surface area contributed by atoms with E-state index in [0.717, 1.165) is 18.4 Å². The second kappa shape index (κ2) is 7.10. The van der Waals surface area contributed by atoms with Crippen molar-refractivity contribution in [1.29, 1.82) is 0 Å². The molecule has 0 saturated heterocycles. The van der Waals surface area contributed by atoms with Gasteiger partial charge in [0.1, 0.15) is 12.4 Å². The number of fused-ring (bicyclic) bond motifs is 1. The fourth-order valence-electron chi connectivity index (χ4n) is 2.15. The number of aromatic nitrogens is 1. The number of alkyl halides is 1. The SMILES string of the molecule is COC(=O)C(CCl)=[NH+]CCCc1c[nH]c2ccccc12. The van der Waals surface area contributed by atoms with Crippen molar-refractivity contribution in [2.75, 3.05) is 19.5 Å². The highest BCUT2D eigenvalue weighted by Crippen LogP contribution is 2.18. The van der Waals surface area contributed by atoms with Gasteiger partial charge in [-0.05, 0) is 18.1 Å². The Labute approximate surface area is 122 Å². The second-order valence-corrected chi connectivity index (χ2v) is 4.76. The summed E-state index contributed by atoms with van der Waals surface area (Å²) in [4.78, 5) is 17.6. The zero-order chi connectivity index (χ0) is 14.4. The van der Waals surface area contributed by atoms with E-state index in [9.17, 15) is 4.79 Å². The molecular weight excluding hydrogens is 276 g/mol. The van der Waals surface area contributed by atoms with Crippen LogP contribution in [0.15, 0.2) is 30.5 Å². The van der Waals surface area contributed by atoms with E-state index in [1.165, 1.54) is 18.1 Å². The van der Waals surface area contributed by atoms with E-state index in [0.29, 0.717) is 12.3 Å². The van der Waals surface area contributed by atoms with Gasteiger partial charge in [0.2, 0.25) is 0 Å². The van der Waals surface area contributed by atoms with Crippen LogP contribution in [0.4, 0.5) is 0 Å². The maximum Gasteiger partial charge on any atom is 0.399 e. The van der Waals surface area contributed by atoms with Crippen LogP contribution < -0.4 is 4.99 Å². The molecular formula is C15H18ClN2O2+. The largest absolute Gasteiger partial charge is 0.461 e. The van der Waals surface area contributed by atoms with Crippen molar-refractivity contribution < 1.29 is 14.5 Å². The maximum atomic E-state index is 11.3. The molecule has 2 aromatic rings. The van der Waals surface area contributed by atoms with Gasteiger partial charge >= 0.3 is 5.97 Å². The number of para-hydroxylation sites is 1. The van der Waals surface area contributed by atoms with Crippen LogP contribution in [0.2, 0.25) is 0 Å². The number of hydrogen-bond donors (Lipinski definition) is 2. The summed E-state index contributed by atoms with van der Waals surface area (Å²) in [6.45, 7) is 0.691. The number of H-pyrrole nitrogens is 1. The summed E-state index contributed by atoms with van der Waals surface area (Å²) >= 11 is 5.69. The Hall–Kier alpha value is -1.81. The predicted octanol–water partition coefficient (Wildman–Crippen LogP) is 1.03. The molecule has 2 rings (SSSR count). The third-order valence-electron chi connectivity index (χ3n) is 3.20. The number of carbonyl (C=O) groups excluding carboxylic acids is 1. The Balaban J connectivity index is 1.93.